The Labute approximate surface area is 69.4 Å². The summed E-state index contributed by atoms with van der Waals surface area (Å²) >= 11 is 0. The van der Waals surface area contributed by atoms with Gasteiger partial charge >= 0.3 is 0 Å². The van der Waals surface area contributed by atoms with Gasteiger partial charge < -0.3 is 4.48 Å². The lowest BCUT2D eigenvalue weighted by Gasteiger charge is -2.34. The van der Waals surface area contributed by atoms with Crippen molar-refractivity contribution in [3.05, 3.63) is 0 Å². The Morgan fingerprint density at radius 2 is 1.55 bits per heavy atom. The van der Waals surface area contributed by atoms with E-state index in [1.807, 2.05) is 0 Å². The monoisotopic (exact) mass is 155 g/mol. The fraction of sp³-hybridized carbons (Fsp3) is 1.00. The Kier molecular flexibility index (Phi) is 1.69. The maximum absolute atomic E-state index is 2.60. The second kappa shape index (κ2) is 2.46. The van der Waals surface area contributed by atoms with Crippen LogP contribution in [0.1, 0.15) is 13.8 Å². The van der Waals surface area contributed by atoms with Gasteiger partial charge in [0.05, 0.1) is 13.1 Å². The molecule has 2 rings (SSSR count). The van der Waals surface area contributed by atoms with Crippen molar-refractivity contribution in [1.29, 1.82) is 0 Å². The number of quaternary nitrogens is 1. The van der Waals surface area contributed by atoms with Crippen molar-refractivity contribution in [2.24, 2.45) is 0 Å². The summed E-state index contributed by atoms with van der Waals surface area (Å²) in [6.07, 6.45) is 0. The average Bonchev–Trinajstić information content (AvgIpc) is 2.70. The Balaban J connectivity index is 1.84. The highest BCUT2D eigenvalue weighted by atomic mass is 15.5. The molecule has 0 atom stereocenters. The van der Waals surface area contributed by atoms with Gasteiger partial charge in [0.2, 0.25) is 0 Å². The van der Waals surface area contributed by atoms with Crippen molar-refractivity contribution >= 4 is 0 Å². The summed E-state index contributed by atoms with van der Waals surface area (Å²) in [7, 11) is 0. The molecule has 0 N–H and O–H groups in total. The molecule has 1 spiro atoms. The molecule has 2 aliphatic heterocycles. The molecule has 2 aliphatic rings. The molecule has 0 aromatic carbocycles. The van der Waals surface area contributed by atoms with E-state index in [9.17, 15) is 0 Å². The SMILES string of the molecule is CC(C)N1CC[N+]2(CC1)CC2. The minimum atomic E-state index is 0.760. The minimum Gasteiger partial charge on any atom is -0.312 e. The molecular weight excluding hydrogens is 136 g/mol. The lowest BCUT2D eigenvalue weighted by molar-refractivity contribution is -0.805. The quantitative estimate of drug-likeness (QED) is 0.394. The first-order chi connectivity index (χ1) is 5.22. The highest BCUT2D eigenvalue weighted by Gasteiger charge is 2.44. The number of hydrogen-bond acceptors (Lipinski definition) is 1. The molecule has 2 nitrogen and oxygen atoms in total. The lowest BCUT2D eigenvalue weighted by atomic mass is 10.2. The molecule has 2 heteroatoms. The molecule has 0 bridgehead atoms. The third kappa shape index (κ3) is 1.42. The number of hydrogen-bond donors (Lipinski definition) is 0. The van der Waals surface area contributed by atoms with Crippen LogP contribution in [0.5, 0.6) is 0 Å². The van der Waals surface area contributed by atoms with Crippen LogP contribution in [-0.2, 0) is 0 Å². The summed E-state index contributed by atoms with van der Waals surface area (Å²) in [6, 6.07) is 0.760. The van der Waals surface area contributed by atoms with Crippen molar-refractivity contribution in [2.75, 3.05) is 39.3 Å². The van der Waals surface area contributed by atoms with Crippen molar-refractivity contribution in [1.82, 2.24) is 4.90 Å². The number of rotatable bonds is 1. The second-order valence-electron chi connectivity index (χ2n) is 4.37. The zero-order valence-electron chi connectivity index (χ0n) is 7.71. The van der Waals surface area contributed by atoms with E-state index < -0.39 is 0 Å². The van der Waals surface area contributed by atoms with E-state index in [0.29, 0.717) is 0 Å². The van der Waals surface area contributed by atoms with Crippen LogP contribution in [-0.4, -0.2) is 54.7 Å². The Morgan fingerprint density at radius 3 is 1.91 bits per heavy atom. The molecule has 64 valence electrons. The smallest absolute Gasteiger partial charge is 0.129 e. The maximum atomic E-state index is 2.60. The summed E-state index contributed by atoms with van der Waals surface area (Å²) in [5, 5.41) is 0. The zero-order valence-corrected chi connectivity index (χ0v) is 7.71. The topological polar surface area (TPSA) is 3.24 Å². The molecular formula is C9H19N2+. The predicted octanol–water partition coefficient (Wildman–Crippen LogP) is 0.541. The van der Waals surface area contributed by atoms with Crippen LogP contribution >= 0.6 is 0 Å². The van der Waals surface area contributed by atoms with E-state index in [4.69, 9.17) is 0 Å². The van der Waals surface area contributed by atoms with E-state index in [1.54, 1.807) is 0 Å². The third-order valence-corrected chi connectivity index (χ3v) is 3.31. The fourth-order valence-corrected chi connectivity index (χ4v) is 2.01. The number of piperazine rings is 1. The van der Waals surface area contributed by atoms with Crippen LogP contribution in [0.3, 0.4) is 0 Å². The van der Waals surface area contributed by atoms with Crippen LogP contribution in [0.2, 0.25) is 0 Å². The molecule has 0 radical (unpaired) electrons. The molecule has 2 heterocycles. The van der Waals surface area contributed by atoms with Crippen molar-refractivity contribution in [3.63, 3.8) is 0 Å². The van der Waals surface area contributed by atoms with E-state index in [1.165, 1.54) is 43.8 Å². The lowest BCUT2D eigenvalue weighted by Crippen LogP contribution is -2.50. The molecule has 0 unspecified atom stereocenters. The Hall–Kier alpha value is -0.0800. The first-order valence-electron chi connectivity index (χ1n) is 4.81. The van der Waals surface area contributed by atoms with Gasteiger partial charge in [0, 0.05) is 19.1 Å². The van der Waals surface area contributed by atoms with Crippen LogP contribution < -0.4 is 0 Å². The van der Waals surface area contributed by atoms with Gasteiger partial charge in [0.1, 0.15) is 13.1 Å². The second-order valence-corrected chi connectivity index (χ2v) is 4.37. The molecule has 11 heavy (non-hydrogen) atoms. The van der Waals surface area contributed by atoms with Gasteiger partial charge in [0.25, 0.3) is 0 Å². The molecule has 0 aromatic heterocycles. The largest absolute Gasteiger partial charge is 0.312 e. The number of nitrogens with zero attached hydrogens (tertiary/aromatic N) is 2. The molecule has 0 aromatic rings. The summed E-state index contributed by atoms with van der Waals surface area (Å²) in [4.78, 5) is 2.60. The molecule has 0 amide bonds. The molecule has 2 saturated heterocycles. The Morgan fingerprint density at radius 1 is 1.00 bits per heavy atom. The normalized spacial score (nSPS) is 29.7. The standard InChI is InChI=1S/C9H19N2/c1-9(2)10-3-5-11(6-4-10)7-8-11/h9H,3-8H2,1-2H3/q+1. The van der Waals surface area contributed by atoms with E-state index in [0.717, 1.165) is 6.04 Å². The van der Waals surface area contributed by atoms with Gasteiger partial charge in [-0.2, -0.15) is 0 Å². The van der Waals surface area contributed by atoms with E-state index in [2.05, 4.69) is 18.7 Å². The summed E-state index contributed by atoms with van der Waals surface area (Å²) < 4.78 is 1.45. The van der Waals surface area contributed by atoms with Crippen molar-refractivity contribution < 1.29 is 4.48 Å². The third-order valence-electron chi connectivity index (χ3n) is 3.31. The fourth-order valence-electron chi connectivity index (χ4n) is 2.01. The molecule has 2 fully saturated rings. The van der Waals surface area contributed by atoms with Gasteiger partial charge in [-0.1, -0.05) is 0 Å². The van der Waals surface area contributed by atoms with Crippen molar-refractivity contribution in [3.8, 4) is 0 Å². The van der Waals surface area contributed by atoms with E-state index >= 15 is 0 Å². The summed E-state index contributed by atoms with van der Waals surface area (Å²) in [5.74, 6) is 0. The Bertz CT molecular complexity index is 140. The molecule has 0 saturated carbocycles. The highest BCUT2D eigenvalue weighted by molar-refractivity contribution is 4.71. The van der Waals surface area contributed by atoms with Crippen LogP contribution in [0.4, 0.5) is 0 Å². The zero-order chi connectivity index (χ0) is 7.90. The predicted molar refractivity (Wildman–Crippen MR) is 46.4 cm³/mol. The van der Waals surface area contributed by atoms with Gasteiger partial charge in [-0.3, -0.25) is 4.90 Å². The minimum absolute atomic E-state index is 0.760. The van der Waals surface area contributed by atoms with Gasteiger partial charge in [0.15, 0.2) is 0 Å². The molecule has 0 aliphatic carbocycles. The van der Waals surface area contributed by atoms with Gasteiger partial charge in [-0.15, -0.1) is 0 Å². The first kappa shape index (κ1) is 7.56. The summed E-state index contributed by atoms with van der Waals surface area (Å²) in [5.41, 5.74) is 0. The van der Waals surface area contributed by atoms with Crippen molar-refractivity contribution in [2.45, 2.75) is 19.9 Å². The summed E-state index contributed by atoms with van der Waals surface area (Å²) in [6.45, 7) is 13.0. The average molecular weight is 155 g/mol. The van der Waals surface area contributed by atoms with Crippen LogP contribution in [0.25, 0.3) is 0 Å². The first-order valence-corrected chi connectivity index (χ1v) is 4.81. The van der Waals surface area contributed by atoms with Crippen LogP contribution in [0, 0.1) is 0 Å². The van der Waals surface area contributed by atoms with Gasteiger partial charge in [-0.05, 0) is 13.8 Å². The highest BCUT2D eigenvalue weighted by Crippen LogP contribution is 2.24. The van der Waals surface area contributed by atoms with E-state index in [-0.39, 0.29) is 0 Å². The van der Waals surface area contributed by atoms with Gasteiger partial charge in [-0.25, -0.2) is 0 Å². The van der Waals surface area contributed by atoms with Crippen LogP contribution in [0.15, 0.2) is 0 Å². The maximum Gasteiger partial charge on any atom is 0.129 e.